The molecule has 2 aliphatic heterocycles. The quantitative estimate of drug-likeness (QED) is 0.0443. The summed E-state index contributed by atoms with van der Waals surface area (Å²) >= 11 is 0. The maximum Gasteiger partial charge on any atom is 0.333 e. The van der Waals surface area contributed by atoms with Gasteiger partial charge in [0, 0.05) is 147 Å². The summed E-state index contributed by atoms with van der Waals surface area (Å²) in [5.41, 5.74) is 19.6. The first-order valence-electron chi connectivity index (χ1n) is 34.9. The van der Waals surface area contributed by atoms with E-state index >= 15 is 0 Å². The van der Waals surface area contributed by atoms with Crippen LogP contribution in [0.2, 0.25) is 0 Å². The number of carbonyl (C=O) groups excluding carboxylic acids is 3. The highest BCUT2D eigenvalue weighted by Crippen LogP contribution is 2.44. The molecule has 0 radical (unpaired) electrons. The van der Waals surface area contributed by atoms with Gasteiger partial charge >= 0.3 is 10.3 Å². The molecule has 5 fully saturated rings. The number of aliphatic hydroxyl groups excluding tert-OH is 4. The fourth-order valence-corrected chi connectivity index (χ4v) is 15.4. The van der Waals surface area contributed by atoms with Gasteiger partial charge in [0.15, 0.2) is 28.9 Å². The molecule has 11 rings (SSSR count). The molecule has 102 heavy (non-hydrogen) atoms. The van der Waals surface area contributed by atoms with Gasteiger partial charge < -0.3 is 69.4 Å². The fraction of sp³-hybridized carbons (Fsp3) is 0.610. The van der Waals surface area contributed by atoms with Gasteiger partial charge in [-0.2, -0.15) is 8.42 Å². The van der Waals surface area contributed by atoms with Crippen molar-refractivity contribution in [2.45, 2.75) is 269 Å². The number of hydrogen-bond acceptors (Lipinski definition) is 20. The Morgan fingerprint density at radius 3 is 1.26 bits per heavy atom. The summed E-state index contributed by atoms with van der Waals surface area (Å²) in [6, 6.07) is 4.68. The lowest BCUT2D eigenvalue weighted by atomic mass is 9.97. The molecule has 0 amide bonds. The molecule has 0 spiro atoms. The van der Waals surface area contributed by atoms with Gasteiger partial charge in [-0.1, -0.05) is 7.43 Å². The first-order valence-corrected chi connectivity index (χ1v) is 36.4. The van der Waals surface area contributed by atoms with Gasteiger partial charge in [-0.3, -0.25) is 33.5 Å². The largest absolute Gasteiger partial charge is 0.396 e. The van der Waals surface area contributed by atoms with Crippen LogP contribution in [0.1, 0.15) is 221 Å². The van der Waals surface area contributed by atoms with Gasteiger partial charge in [0.25, 0.3) is 0 Å². The van der Waals surface area contributed by atoms with Gasteiger partial charge in [-0.05, 0) is 219 Å². The summed E-state index contributed by atoms with van der Waals surface area (Å²) in [5, 5.41) is 51.5. The summed E-state index contributed by atoms with van der Waals surface area (Å²) in [4.78, 5) is 53.5. The number of anilines is 2. The summed E-state index contributed by atoms with van der Waals surface area (Å²) in [5.74, 6) is -1.92. The summed E-state index contributed by atoms with van der Waals surface area (Å²) in [7, 11) is -4.17. The van der Waals surface area contributed by atoms with Crippen LogP contribution in [-0.4, -0.2) is 161 Å². The van der Waals surface area contributed by atoms with Crippen molar-refractivity contribution in [3.63, 3.8) is 0 Å². The number of aryl methyl sites for hydroxylation is 4. The number of pyridine rings is 3. The summed E-state index contributed by atoms with van der Waals surface area (Å²) < 4.78 is 56.8. The van der Waals surface area contributed by atoms with E-state index in [1.165, 1.54) is 0 Å². The zero-order chi connectivity index (χ0) is 75.5. The lowest BCUT2D eigenvalue weighted by molar-refractivity contribution is -0.159. The highest BCUT2D eigenvalue weighted by Gasteiger charge is 2.55. The van der Waals surface area contributed by atoms with Crippen LogP contribution in [-0.2, 0) is 50.1 Å². The van der Waals surface area contributed by atoms with Crippen molar-refractivity contribution < 1.29 is 66.4 Å². The molecule has 3 aliphatic carbocycles. The van der Waals surface area contributed by atoms with E-state index in [0.717, 1.165) is 68.3 Å². The maximum absolute atomic E-state index is 13.8. The van der Waals surface area contributed by atoms with Crippen molar-refractivity contribution in [3.8, 4) is 0 Å². The van der Waals surface area contributed by atoms with Crippen LogP contribution in [0.15, 0.2) is 55.4 Å². The Hall–Kier alpha value is -6.59. The van der Waals surface area contributed by atoms with Crippen LogP contribution in [0.4, 0.5) is 11.4 Å². The van der Waals surface area contributed by atoms with E-state index in [0.29, 0.717) is 45.7 Å². The lowest BCUT2D eigenvalue weighted by Crippen LogP contribution is -2.36. The molecule has 6 aromatic rings. The number of ketones is 3. The minimum absolute atomic E-state index is 0. The molecular formula is C77H116N10O14S. The molecule has 0 bridgehead atoms. The number of nitrogens with two attached hydrogens (primary N) is 2. The van der Waals surface area contributed by atoms with E-state index in [9.17, 15) is 38.1 Å². The number of nitrogens with zero attached hydrogens (tertiary/aromatic N) is 6. The Labute approximate surface area is 604 Å². The second kappa shape index (κ2) is 31.2. The van der Waals surface area contributed by atoms with Crippen LogP contribution in [0.5, 0.6) is 0 Å². The molecule has 24 nitrogen and oxygen atoms in total. The van der Waals surface area contributed by atoms with Gasteiger partial charge in [0.05, 0.1) is 59.5 Å². The highest BCUT2D eigenvalue weighted by molar-refractivity contribution is 7.84. The molecule has 6 aromatic heterocycles. The van der Waals surface area contributed by atoms with E-state index in [1.807, 2.05) is 107 Å². The number of carbonyl (C=O) groups is 3. The molecule has 0 unspecified atom stereocenters. The number of hydrogen-bond donors (Lipinski definition) is 8. The van der Waals surface area contributed by atoms with E-state index in [-0.39, 0.29) is 116 Å². The molecule has 8 heterocycles. The minimum atomic E-state index is -4.17. The van der Waals surface area contributed by atoms with Crippen molar-refractivity contribution in [3.05, 3.63) is 145 Å². The Balaban J connectivity index is 0.000000200. The van der Waals surface area contributed by atoms with Crippen LogP contribution < -0.4 is 21.5 Å². The van der Waals surface area contributed by atoms with Crippen LogP contribution >= 0.6 is 0 Å². The minimum Gasteiger partial charge on any atom is -0.396 e. The SMILES string of the molecule is C.CC1(C)O[C@@H]2[C@@H](CO)C[C@@H](N)[C@@H]2O1.Cc1ccnc(C)c1C(=O)c1cn(C(C)(C)C)c(C)c1C.Cc1nccc(N[C@@H]2C[C@H](CO)[C@H]3OC(C)(C)O[C@H]32)c1C(=O)c1cn(C(C)(C)C)c(C)c1C.Cc1nccc(N[C@@H]2C[C@H](COS(N)(=O)=O)[C@@H](O)[C@H]2O)c1C(=O)c1cn(C(C)(C)C)c(C)c1C. The van der Waals surface area contributed by atoms with Gasteiger partial charge in [0.2, 0.25) is 0 Å². The third-order valence-corrected chi connectivity index (χ3v) is 21.0. The molecule has 3 saturated carbocycles. The molecule has 5 aliphatic rings. The van der Waals surface area contributed by atoms with Gasteiger partial charge in [-0.25, -0.2) is 5.14 Å². The van der Waals surface area contributed by atoms with Crippen molar-refractivity contribution in [2.75, 3.05) is 30.5 Å². The lowest BCUT2D eigenvalue weighted by Gasteiger charge is -2.25. The Morgan fingerprint density at radius 2 is 0.882 bits per heavy atom. The first kappa shape index (κ1) is 82.7. The Bertz CT molecular complexity index is 4110. The second-order valence-corrected chi connectivity index (χ2v) is 33.2. The fourth-order valence-electron chi connectivity index (χ4n) is 15.0. The maximum atomic E-state index is 13.8. The summed E-state index contributed by atoms with van der Waals surface area (Å²) in [6.45, 7) is 45.9. The van der Waals surface area contributed by atoms with Crippen molar-refractivity contribution >= 4 is 39.0 Å². The number of aromatic nitrogens is 6. The zero-order valence-electron chi connectivity index (χ0n) is 63.5. The van der Waals surface area contributed by atoms with Crippen molar-refractivity contribution in [1.82, 2.24) is 28.7 Å². The monoisotopic (exact) mass is 1440 g/mol. The molecule has 2 saturated heterocycles. The van der Waals surface area contributed by atoms with Crippen LogP contribution in [0.25, 0.3) is 0 Å². The average molecular weight is 1440 g/mol. The van der Waals surface area contributed by atoms with E-state index < -0.39 is 46.0 Å². The third kappa shape index (κ3) is 17.8. The number of fused-ring (bicyclic) bond motifs is 2. The molecule has 0 aromatic carbocycles. The Morgan fingerprint density at radius 1 is 0.539 bits per heavy atom. The zero-order valence-corrected chi connectivity index (χ0v) is 64.3. The molecule has 564 valence electrons. The Kier molecular flexibility index (Phi) is 25.3. The summed E-state index contributed by atoms with van der Waals surface area (Å²) in [6.07, 6.45) is 9.72. The topological polar surface area (TPSA) is 342 Å². The highest BCUT2D eigenvalue weighted by atomic mass is 32.2. The number of ether oxygens (including phenoxy) is 4. The van der Waals surface area contributed by atoms with Crippen molar-refractivity contribution in [2.24, 2.45) is 28.6 Å². The molecule has 25 heteroatoms. The van der Waals surface area contributed by atoms with Crippen LogP contribution in [0.3, 0.4) is 0 Å². The third-order valence-electron chi connectivity index (χ3n) is 20.5. The smallest absolute Gasteiger partial charge is 0.333 e. The van der Waals surface area contributed by atoms with E-state index in [2.05, 4.69) is 120 Å². The predicted molar refractivity (Wildman–Crippen MR) is 395 cm³/mol. The molecule has 10 N–H and O–H groups in total. The second-order valence-electron chi connectivity index (χ2n) is 32.0. The standard InChI is InChI=1S/C26H37N3O4.C23H34N4O6S.C18H24N2O.C9H17NO3.CH4/c1-14-16(3)29(25(4,5)6)12-18(14)22(31)21-15(2)27-10-9-19(21)28-20-11-17(13-30)23-24(20)33-26(7,8)32-23;1-12-14(3)27(23(4,5)6)10-16(12)21(29)19-13(2)25-8-7-17(19)26-18-9-15(20(28)22(18)30)11-33-34(24,31)32;1-11-8-9-19-13(3)16(11)17(21)15-10-20(18(5,6)7)14(4)12(15)2;1-9(2)12-7-5(4-11)3-6(10)8(7)13-9;/h9-10,12,17,20,23-24,30H,11,13H2,1-8H3,(H,27,28);7-8,10,15,18,20,22,28,30H,9,11H2,1-6H3,(H,25,26)(H2,24,31,32);8-10H,1-7H3;5-8,11H,3-4,10H2,1-2H3;1H4/t17-,20-,23-,24+;15-,18-,20-,22+;;5-,6-,7-,8+;/m11.1./s1. The number of aliphatic hydroxyl groups is 4. The molecular weight excluding hydrogens is 1320 g/mol. The number of rotatable bonds is 15. The first-order chi connectivity index (χ1) is 46.6. The average Bonchev–Trinajstić information content (AvgIpc) is 1.61. The van der Waals surface area contributed by atoms with Gasteiger partial charge in [-0.15, -0.1) is 0 Å². The van der Waals surface area contributed by atoms with E-state index in [1.54, 1.807) is 31.6 Å². The van der Waals surface area contributed by atoms with Gasteiger partial charge in [0.1, 0.15) is 18.3 Å². The number of nitrogens with one attached hydrogen (secondary N) is 2. The predicted octanol–water partition coefficient (Wildman–Crippen LogP) is 10.2. The normalized spacial score (nSPS) is 24.9. The van der Waals surface area contributed by atoms with Crippen molar-refractivity contribution in [1.29, 1.82) is 0 Å². The van der Waals surface area contributed by atoms with Crippen LogP contribution in [0, 0.1) is 87.0 Å². The van der Waals surface area contributed by atoms with E-state index in [4.69, 9.17) is 34.9 Å². The molecule has 12 atom stereocenters.